The van der Waals surface area contributed by atoms with Gasteiger partial charge in [0.25, 0.3) is 0 Å². The molecule has 1 aliphatic rings. The van der Waals surface area contributed by atoms with E-state index in [0.717, 1.165) is 0 Å². The van der Waals surface area contributed by atoms with Crippen LogP contribution in [0.15, 0.2) is 29.3 Å². The molecule has 1 aliphatic heterocycles. The molecular weight excluding hydrogens is 354 g/mol. The van der Waals surface area contributed by atoms with Gasteiger partial charge in [0.05, 0.1) is 6.54 Å². The number of carbonyl (C=O) groups excluding carboxylic acids is 2. The van der Waals surface area contributed by atoms with Crippen LogP contribution in [0.25, 0.3) is 0 Å². The smallest absolute Gasteiger partial charge is 0.240 e. The molecule has 0 bridgehead atoms. The predicted octanol–water partition coefficient (Wildman–Crippen LogP) is 1.73. The lowest BCUT2D eigenvalue weighted by atomic mass is 10.1. The highest BCUT2D eigenvalue weighted by molar-refractivity contribution is 5.86. The van der Waals surface area contributed by atoms with Gasteiger partial charge in [0.2, 0.25) is 11.8 Å². The maximum Gasteiger partial charge on any atom is 0.240 e. The van der Waals surface area contributed by atoms with E-state index in [1.807, 2.05) is 44.9 Å². The minimum atomic E-state index is -0.259. The molecule has 2 amide bonds. The van der Waals surface area contributed by atoms with Crippen molar-refractivity contribution in [3.8, 4) is 0 Å². The first-order valence-corrected chi connectivity index (χ1v) is 9.77. The van der Waals surface area contributed by atoms with Gasteiger partial charge >= 0.3 is 0 Å². The summed E-state index contributed by atoms with van der Waals surface area (Å²) in [6.45, 7) is 8.12. The zero-order valence-electron chi connectivity index (χ0n) is 17.7. The highest BCUT2D eigenvalue weighted by atomic mass is 16.2. The quantitative estimate of drug-likeness (QED) is 0.443. The van der Waals surface area contributed by atoms with Crippen LogP contribution in [-0.4, -0.2) is 60.3 Å². The number of likely N-dealkylation sites (N-methyl/N-ethyl adjacent to an activating group) is 1. The van der Waals surface area contributed by atoms with Crippen molar-refractivity contribution in [2.45, 2.75) is 52.2 Å². The summed E-state index contributed by atoms with van der Waals surface area (Å²) in [4.78, 5) is 32.4. The van der Waals surface area contributed by atoms with Gasteiger partial charge in [-0.15, -0.1) is 0 Å². The predicted molar refractivity (Wildman–Crippen MR) is 112 cm³/mol. The van der Waals surface area contributed by atoms with Gasteiger partial charge in [0.1, 0.15) is 0 Å². The molecule has 154 valence electrons. The first-order chi connectivity index (χ1) is 13.2. The van der Waals surface area contributed by atoms with Crippen LogP contribution in [0, 0.1) is 0 Å². The number of guanidine groups is 1. The van der Waals surface area contributed by atoms with Gasteiger partial charge in [-0.2, -0.15) is 0 Å². The Labute approximate surface area is 168 Å². The van der Waals surface area contributed by atoms with Crippen LogP contribution in [0.5, 0.6) is 0 Å². The summed E-state index contributed by atoms with van der Waals surface area (Å²) in [5.74, 6) is 0.762. The van der Waals surface area contributed by atoms with Crippen molar-refractivity contribution in [3.05, 3.63) is 35.4 Å². The molecule has 7 nitrogen and oxygen atoms in total. The molecule has 1 heterocycles. The molecule has 0 radical (unpaired) electrons. The van der Waals surface area contributed by atoms with E-state index >= 15 is 0 Å². The lowest BCUT2D eigenvalue weighted by Crippen LogP contribution is -2.48. The summed E-state index contributed by atoms with van der Waals surface area (Å²) < 4.78 is 0. The SMILES string of the molecule is CN=C(NCCCC(=O)N1Cc2ccccc2C1)N(C)CC(=O)NC(C)(C)C. The second-order valence-electron chi connectivity index (χ2n) is 8.25. The fourth-order valence-electron chi connectivity index (χ4n) is 3.24. The summed E-state index contributed by atoms with van der Waals surface area (Å²) in [6, 6.07) is 8.20. The molecule has 0 aromatic heterocycles. The highest BCUT2D eigenvalue weighted by Gasteiger charge is 2.22. The highest BCUT2D eigenvalue weighted by Crippen LogP contribution is 2.22. The Morgan fingerprint density at radius 2 is 1.79 bits per heavy atom. The van der Waals surface area contributed by atoms with Crippen molar-refractivity contribution in [2.24, 2.45) is 4.99 Å². The molecule has 0 atom stereocenters. The Bertz CT molecular complexity index is 699. The molecule has 0 aliphatic carbocycles. The largest absolute Gasteiger partial charge is 0.356 e. The van der Waals surface area contributed by atoms with Gasteiger partial charge in [-0.3, -0.25) is 14.6 Å². The van der Waals surface area contributed by atoms with E-state index in [1.54, 1.807) is 11.9 Å². The van der Waals surface area contributed by atoms with Crippen LogP contribution in [0.4, 0.5) is 0 Å². The van der Waals surface area contributed by atoms with Crippen LogP contribution in [-0.2, 0) is 22.7 Å². The summed E-state index contributed by atoms with van der Waals surface area (Å²) in [5.41, 5.74) is 2.22. The van der Waals surface area contributed by atoms with Crippen molar-refractivity contribution in [1.82, 2.24) is 20.4 Å². The second-order valence-corrected chi connectivity index (χ2v) is 8.25. The molecule has 2 N–H and O–H groups in total. The molecule has 1 aromatic rings. The molecule has 0 saturated carbocycles. The van der Waals surface area contributed by atoms with E-state index in [9.17, 15) is 9.59 Å². The monoisotopic (exact) mass is 387 g/mol. The normalized spacial score (nSPS) is 13.9. The maximum absolute atomic E-state index is 12.4. The minimum Gasteiger partial charge on any atom is -0.356 e. The first-order valence-electron chi connectivity index (χ1n) is 9.77. The number of hydrogen-bond acceptors (Lipinski definition) is 3. The Hall–Kier alpha value is -2.57. The molecule has 0 spiro atoms. The number of amides is 2. The van der Waals surface area contributed by atoms with E-state index in [4.69, 9.17) is 0 Å². The number of aliphatic imine (C=N–C) groups is 1. The summed E-state index contributed by atoms with van der Waals surface area (Å²) >= 11 is 0. The van der Waals surface area contributed by atoms with Crippen LogP contribution in [0.2, 0.25) is 0 Å². The fraction of sp³-hybridized carbons (Fsp3) is 0.571. The minimum absolute atomic E-state index is 0.0540. The van der Waals surface area contributed by atoms with E-state index < -0.39 is 0 Å². The van der Waals surface area contributed by atoms with E-state index in [-0.39, 0.29) is 23.9 Å². The van der Waals surface area contributed by atoms with Gasteiger partial charge in [-0.05, 0) is 38.3 Å². The van der Waals surface area contributed by atoms with Gasteiger partial charge in [-0.1, -0.05) is 24.3 Å². The zero-order chi connectivity index (χ0) is 20.7. The first kappa shape index (κ1) is 21.7. The fourth-order valence-corrected chi connectivity index (χ4v) is 3.24. The molecule has 0 saturated heterocycles. The van der Waals surface area contributed by atoms with E-state index in [2.05, 4.69) is 27.8 Å². The molecule has 28 heavy (non-hydrogen) atoms. The number of carbonyl (C=O) groups is 2. The maximum atomic E-state index is 12.4. The third kappa shape index (κ3) is 6.55. The number of hydrogen-bond donors (Lipinski definition) is 2. The average Bonchev–Trinajstić information content (AvgIpc) is 3.04. The Balaban J connectivity index is 1.70. The third-order valence-electron chi connectivity index (χ3n) is 4.51. The van der Waals surface area contributed by atoms with Crippen molar-refractivity contribution < 1.29 is 9.59 Å². The van der Waals surface area contributed by atoms with Crippen LogP contribution in [0.3, 0.4) is 0 Å². The van der Waals surface area contributed by atoms with Crippen LogP contribution < -0.4 is 10.6 Å². The topological polar surface area (TPSA) is 77.0 Å². The standard InChI is InChI=1S/C21H33N5O2/c1-21(2,3)24-18(27)15-25(5)20(22-4)23-12-8-11-19(28)26-13-16-9-6-7-10-17(16)14-26/h6-7,9-10H,8,11-15H2,1-5H3,(H,22,23)(H,24,27). The lowest BCUT2D eigenvalue weighted by Gasteiger charge is -2.25. The molecule has 2 rings (SSSR count). The number of rotatable bonds is 6. The second kappa shape index (κ2) is 9.57. The van der Waals surface area contributed by atoms with E-state index in [0.29, 0.717) is 38.4 Å². The van der Waals surface area contributed by atoms with Gasteiger partial charge in [0.15, 0.2) is 5.96 Å². The van der Waals surface area contributed by atoms with Crippen molar-refractivity contribution in [3.63, 3.8) is 0 Å². The number of nitrogens with one attached hydrogen (secondary N) is 2. The number of fused-ring (bicyclic) bond motifs is 1. The average molecular weight is 388 g/mol. The Morgan fingerprint density at radius 1 is 1.18 bits per heavy atom. The Kier molecular flexibility index (Phi) is 7.43. The summed E-state index contributed by atoms with van der Waals surface area (Å²) in [5, 5.41) is 6.16. The van der Waals surface area contributed by atoms with Crippen molar-refractivity contribution in [1.29, 1.82) is 0 Å². The van der Waals surface area contributed by atoms with Crippen LogP contribution in [0.1, 0.15) is 44.7 Å². The molecule has 1 aromatic carbocycles. The molecular formula is C21H33N5O2. The summed E-state index contributed by atoms with van der Waals surface area (Å²) in [6.07, 6.45) is 1.21. The van der Waals surface area contributed by atoms with Crippen LogP contribution >= 0.6 is 0 Å². The lowest BCUT2D eigenvalue weighted by molar-refractivity contribution is -0.131. The van der Waals surface area contributed by atoms with Crippen molar-refractivity contribution in [2.75, 3.05) is 27.2 Å². The molecule has 7 heteroatoms. The van der Waals surface area contributed by atoms with Gasteiger partial charge in [-0.25, -0.2) is 0 Å². The number of nitrogens with zero attached hydrogens (tertiary/aromatic N) is 3. The van der Waals surface area contributed by atoms with Gasteiger partial charge < -0.3 is 20.4 Å². The summed E-state index contributed by atoms with van der Waals surface area (Å²) in [7, 11) is 3.51. The Morgan fingerprint density at radius 3 is 2.32 bits per heavy atom. The number of benzene rings is 1. The van der Waals surface area contributed by atoms with Gasteiger partial charge in [0, 0.05) is 45.7 Å². The molecule has 0 unspecified atom stereocenters. The van der Waals surface area contributed by atoms with E-state index in [1.165, 1.54) is 11.1 Å². The molecule has 0 fully saturated rings. The van der Waals surface area contributed by atoms with Crippen molar-refractivity contribution >= 4 is 17.8 Å². The third-order valence-corrected chi connectivity index (χ3v) is 4.51. The zero-order valence-corrected chi connectivity index (χ0v) is 17.7.